The molecular formula is C15H15BrO. The molecule has 0 radical (unpaired) electrons. The van der Waals surface area contributed by atoms with Gasteiger partial charge in [0, 0.05) is 4.47 Å². The highest BCUT2D eigenvalue weighted by Gasteiger charge is 2.15. The summed E-state index contributed by atoms with van der Waals surface area (Å²) in [6, 6.07) is 13.8. The predicted octanol–water partition coefficient (Wildman–Crippen LogP) is 4.15. The maximum absolute atomic E-state index is 10.4. The third kappa shape index (κ3) is 2.43. The molecule has 1 N–H and O–H groups in total. The number of aliphatic hydroxyl groups excluding tert-OH is 1. The molecule has 2 rings (SSSR count). The Labute approximate surface area is 110 Å². The van der Waals surface area contributed by atoms with Crippen LogP contribution in [-0.4, -0.2) is 5.11 Å². The topological polar surface area (TPSA) is 20.2 Å². The summed E-state index contributed by atoms with van der Waals surface area (Å²) in [7, 11) is 0. The van der Waals surface area contributed by atoms with Gasteiger partial charge in [0.05, 0.1) is 0 Å². The van der Waals surface area contributed by atoms with Crippen LogP contribution >= 0.6 is 15.9 Å². The van der Waals surface area contributed by atoms with E-state index in [4.69, 9.17) is 0 Å². The van der Waals surface area contributed by atoms with E-state index in [-0.39, 0.29) is 0 Å². The number of hydrogen-bond donors (Lipinski definition) is 1. The Bertz CT molecular complexity index is 534. The Kier molecular flexibility index (Phi) is 3.65. The number of benzene rings is 2. The Hall–Kier alpha value is -1.12. The first-order chi connectivity index (χ1) is 8.11. The van der Waals surface area contributed by atoms with Crippen LogP contribution in [0.4, 0.5) is 0 Å². The number of aliphatic hydroxyl groups is 1. The first-order valence-electron chi connectivity index (χ1n) is 5.60. The maximum atomic E-state index is 10.4. The van der Waals surface area contributed by atoms with Crippen molar-refractivity contribution in [1.29, 1.82) is 0 Å². The second-order valence-corrected chi connectivity index (χ2v) is 5.07. The fourth-order valence-corrected chi connectivity index (χ4v) is 2.44. The van der Waals surface area contributed by atoms with Crippen molar-refractivity contribution in [3.05, 3.63) is 69.2 Å². The van der Waals surface area contributed by atoms with Crippen LogP contribution in [0.3, 0.4) is 0 Å². The summed E-state index contributed by atoms with van der Waals surface area (Å²) >= 11 is 3.48. The minimum Gasteiger partial charge on any atom is -0.384 e. The van der Waals surface area contributed by atoms with Crippen molar-refractivity contribution in [1.82, 2.24) is 0 Å². The highest BCUT2D eigenvalue weighted by atomic mass is 79.9. The Morgan fingerprint density at radius 1 is 0.941 bits per heavy atom. The van der Waals surface area contributed by atoms with E-state index in [0.29, 0.717) is 0 Å². The third-order valence-corrected chi connectivity index (χ3v) is 3.86. The van der Waals surface area contributed by atoms with Gasteiger partial charge in [-0.05, 0) is 42.2 Å². The molecule has 1 atom stereocenters. The van der Waals surface area contributed by atoms with Gasteiger partial charge in [-0.2, -0.15) is 0 Å². The molecule has 0 saturated heterocycles. The molecule has 0 bridgehead atoms. The van der Waals surface area contributed by atoms with Crippen molar-refractivity contribution in [2.45, 2.75) is 20.0 Å². The maximum Gasteiger partial charge on any atom is 0.105 e. The summed E-state index contributed by atoms with van der Waals surface area (Å²) in [4.78, 5) is 0. The zero-order valence-electron chi connectivity index (χ0n) is 9.94. The van der Waals surface area contributed by atoms with Crippen LogP contribution < -0.4 is 0 Å². The molecule has 0 saturated carbocycles. The Morgan fingerprint density at radius 3 is 2.29 bits per heavy atom. The average Bonchev–Trinajstić information content (AvgIpc) is 2.32. The monoisotopic (exact) mass is 290 g/mol. The average molecular weight is 291 g/mol. The number of rotatable bonds is 2. The predicted molar refractivity (Wildman–Crippen MR) is 74.1 cm³/mol. The lowest BCUT2D eigenvalue weighted by Gasteiger charge is -2.16. The van der Waals surface area contributed by atoms with Gasteiger partial charge in [0.2, 0.25) is 0 Å². The molecule has 0 aliphatic carbocycles. The molecule has 0 heterocycles. The second kappa shape index (κ2) is 5.03. The first kappa shape index (κ1) is 12.3. The minimum atomic E-state index is -0.578. The highest BCUT2D eigenvalue weighted by molar-refractivity contribution is 9.10. The van der Waals surface area contributed by atoms with E-state index in [1.807, 2.05) is 43.3 Å². The summed E-state index contributed by atoms with van der Waals surface area (Å²) < 4.78 is 0.938. The van der Waals surface area contributed by atoms with Crippen LogP contribution in [0.2, 0.25) is 0 Å². The lowest BCUT2D eigenvalue weighted by molar-refractivity contribution is 0.218. The molecule has 0 aliphatic heterocycles. The van der Waals surface area contributed by atoms with Crippen LogP contribution in [0.25, 0.3) is 0 Å². The quantitative estimate of drug-likeness (QED) is 0.881. The number of hydrogen-bond acceptors (Lipinski definition) is 1. The van der Waals surface area contributed by atoms with E-state index < -0.39 is 6.10 Å². The highest BCUT2D eigenvalue weighted by Crippen LogP contribution is 2.30. The SMILES string of the molecule is Cc1cccc(C(O)c2ccccc2Br)c1C. The lowest BCUT2D eigenvalue weighted by atomic mass is 9.95. The molecular weight excluding hydrogens is 276 g/mol. The van der Waals surface area contributed by atoms with Crippen molar-refractivity contribution in [2.24, 2.45) is 0 Å². The van der Waals surface area contributed by atoms with E-state index in [1.54, 1.807) is 0 Å². The normalized spacial score (nSPS) is 12.5. The Balaban J connectivity index is 2.48. The van der Waals surface area contributed by atoms with E-state index in [0.717, 1.165) is 21.2 Å². The van der Waals surface area contributed by atoms with Crippen molar-refractivity contribution < 1.29 is 5.11 Å². The largest absolute Gasteiger partial charge is 0.384 e. The first-order valence-corrected chi connectivity index (χ1v) is 6.39. The molecule has 1 unspecified atom stereocenters. The third-order valence-electron chi connectivity index (χ3n) is 3.14. The van der Waals surface area contributed by atoms with Crippen molar-refractivity contribution in [3.63, 3.8) is 0 Å². The summed E-state index contributed by atoms with van der Waals surface area (Å²) in [6.07, 6.45) is -0.578. The molecule has 2 aromatic rings. The summed E-state index contributed by atoms with van der Waals surface area (Å²) in [5, 5.41) is 10.4. The van der Waals surface area contributed by atoms with Gasteiger partial charge in [-0.1, -0.05) is 52.3 Å². The van der Waals surface area contributed by atoms with Crippen molar-refractivity contribution in [2.75, 3.05) is 0 Å². The summed E-state index contributed by atoms with van der Waals surface area (Å²) in [6.45, 7) is 4.11. The van der Waals surface area contributed by atoms with Gasteiger partial charge in [-0.25, -0.2) is 0 Å². The molecule has 0 aromatic heterocycles. The van der Waals surface area contributed by atoms with E-state index >= 15 is 0 Å². The molecule has 2 heteroatoms. The van der Waals surface area contributed by atoms with E-state index in [9.17, 15) is 5.11 Å². The van der Waals surface area contributed by atoms with Gasteiger partial charge in [0.15, 0.2) is 0 Å². The van der Waals surface area contributed by atoms with E-state index in [1.165, 1.54) is 5.56 Å². The zero-order valence-corrected chi connectivity index (χ0v) is 11.5. The van der Waals surface area contributed by atoms with Crippen molar-refractivity contribution in [3.8, 4) is 0 Å². The fraction of sp³-hybridized carbons (Fsp3) is 0.200. The van der Waals surface area contributed by atoms with Crippen molar-refractivity contribution >= 4 is 15.9 Å². The van der Waals surface area contributed by atoms with Gasteiger partial charge in [0.1, 0.15) is 6.10 Å². The molecule has 1 nitrogen and oxygen atoms in total. The molecule has 2 aromatic carbocycles. The Morgan fingerprint density at radius 2 is 1.59 bits per heavy atom. The zero-order chi connectivity index (χ0) is 12.4. The van der Waals surface area contributed by atoms with Gasteiger partial charge in [-0.15, -0.1) is 0 Å². The van der Waals surface area contributed by atoms with Crippen LogP contribution in [-0.2, 0) is 0 Å². The van der Waals surface area contributed by atoms with Gasteiger partial charge in [-0.3, -0.25) is 0 Å². The number of halogens is 1. The van der Waals surface area contributed by atoms with Gasteiger partial charge in [0.25, 0.3) is 0 Å². The molecule has 17 heavy (non-hydrogen) atoms. The van der Waals surface area contributed by atoms with Gasteiger partial charge < -0.3 is 5.11 Å². The standard InChI is InChI=1S/C15H15BrO/c1-10-6-5-8-12(11(10)2)15(17)13-7-3-4-9-14(13)16/h3-9,15,17H,1-2H3. The van der Waals surface area contributed by atoms with Crippen LogP contribution in [0, 0.1) is 13.8 Å². The van der Waals surface area contributed by atoms with Crippen LogP contribution in [0.5, 0.6) is 0 Å². The summed E-state index contributed by atoms with van der Waals surface area (Å²) in [5.41, 5.74) is 4.22. The van der Waals surface area contributed by atoms with E-state index in [2.05, 4.69) is 28.9 Å². The molecule has 88 valence electrons. The van der Waals surface area contributed by atoms with Crippen LogP contribution in [0.15, 0.2) is 46.9 Å². The number of aryl methyl sites for hydroxylation is 1. The van der Waals surface area contributed by atoms with Crippen LogP contribution in [0.1, 0.15) is 28.4 Å². The lowest BCUT2D eigenvalue weighted by Crippen LogP contribution is -2.03. The fourth-order valence-electron chi connectivity index (χ4n) is 1.93. The molecule has 0 spiro atoms. The molecule has 0 amide bonds. The summed E-state index contributed by atoms with van der Waals surface area (Å²) in [5.74, 6) is 0. The minimum absolute atomic E-state index is 0.578. The van der Waals surface area contributed by atoms with Gasteiger partial charge >= 0.3 is 0 Å². The smallest absolute Gasteiger partial charge is 0.105 e. The molecule has 0 fully saturated rings. The second-order valence-electron chi connectivity index (χ2n) is 4.21. The molecule has 0 aliphatic rings.